The molecule has 4 atom stereocenters. The average Bonchev–Trinajstić information content (AvgIpc) is 3.25. The molecule has 1 aromatic heterocycles. The zero-order valence-corrected chi connectivity index (χ0v) is 14.7. The first-order valence-corrected chi connectivity index (χ1v) is 9.10. The van der Waals surface area contributed by atoms with E-state index in [9.17, 15) is 18.0 Å². The van der Waals surface area contributed by atoms with Crippen molar-refractivity contribution in [2.45, 2.75) is 43.6 Å². The van der Waals surface area contributed by atoms with Crippen LogP contribution >= 0.6 is 0 Å². The number of carbonyl (C=O) groups excluding carboxylic acids is 1. The Balaban J connectivity index is 1.39. The summed E-state index contributed by atoms with van der Waals surface area (Å²) in [5.41, 5.74) is 5.45. The predicted molar refractivity (Wildman–Crippen MR) is 90.8 cm³/mol. The predicted octanol–water partition coefficient (Wildman–Crippen LogP) is 1.50. The van der Waals surface area contributed by atoms with E-state index in [1.807, 2.05) is 4.90 Å². The minimum absolute atomic E-state index is 0.0434. The van der Waals surface area contributed by atoms with Crippen LogP contribution in [-0.4, -0.2) is 53.4 Å². The highest BCUT2D eigenvalue weighted by Crippen LogP contribution is 2.54. The van der Waals surface area contributed by atoms with Crippen LogP contribution in [0.5, 0.6) is 0 Å². The molecule has 1 amide bonds. The zero-order chi connectivity index (χ0) is 19.2. The van der Waals surface area contributed by atoms with Crippen molar-refractivity contribution in [3.05, 3.63) is 12.3 Å². The molecule has 1 aromatic rings. The Morgan fingerprint density at radius 2 is 2.30 bits per heavy atom. The van der Waals surface area contributed by atoms with Crippen LogP contribution in [0, 0.1) is 11.8 Å². The fourth-order valence-electron chi connectivity index (χ4n) is 4.71. The molecule has 3 saturated heterocycles. The fraction of sp³-hybridized carbons (Fsp3) is 0.706. The molecule has 0 saturated carbocycles. The molecule has 2 bridgehead atoms. The summed E-state index contributed by atoms with van der Waals surface area (Å²) in [4.78, 5) is 22.4. The molecule has 27 heavy (non-hydrogen) atoms. The Morgan fingerprint density at radius 1 is 1.48 bits per heavy atom. The van der Waals surface area contributed by atoms with Crippen molar-refractivity contribution in [1.29, 1.82) is 0 Å². The van der Waals surface area contributed by atoms with E-state index in [4.69, 9.17) is 10.5 Å². The third-order valence-electron chi connectivity index (χ3n) is 5.90. The Hall–Kier alpha value is -2.10. The molecule has 148 valence electrons. The number of amides is 1. The van der Waals surface area contributed by atoms with Crippen LogP contribution in [0.15, 0.2) is 12.3 Å². The number of hydrogen-bond acceptors (Lipinski definition) is 6. The lowest BCUT2D eigenvalue weighted by atomic mass is 9.73. The number of hydrogen-bond donors (Lipinski definition) is 2. The quantitative estimate of drug-likeness (QED) is 0.798. The number of rotatable bonds is 5. The van der Waals surface area contributed by atoms with Gasteiger partial charge < -0.3 is 20.7 Å². The maximum Gasteiger partial charge on any atom is 0.389 e. The Morgan fingerprint density at radius 3 is 3.04 bits per heavy atom. The van der Waals surface area contributed by atoms with Crippen molar-refractivity contribution in [2.75, 3.05) is 30.3 Å². The summed E-state index contributed by atoms with van der Waals surface area (Å²) in [5, 5.41) is 2.67. The van der Waals surface area contributed by atoms with Gasteiger partial charge in [0.1, 0.15) is 5.82 Å². The van der Waals surface area contributed by atoms with Gasteiger partial charge in [-0.25, -0.2) is 4.98 Å². The number of nitrogens with zero attached hydrogens (tertiary/aromatic N) is 3. The van der Waals surface area contributed by atoms with Gasteiger partial charge in [0.05, 0.1) is 24.7 Å². The molecule has 3 fully saturated rings. The van der Waals surface area contributed by atoms with Crippen molar-refractivity contribution >= 4 is 17.7 Å². The Labute approximate surface area is 154 Å². The van der Waals surface area contributed by atoms with Crippen molar-refractivity contribution in [3.63, 3.8) is 0 Å². The molecule has 0 radical (unpaired) electrons. The van der Waals surface area contributed by atoms with Crippen LogP contribution in [0.3, 0.4) is 0 Å². The fourth-order valence-corrected chi connectivity index (χ4v) is 4.71. The van der Waals surface area contributed by atoms with Gasteiger partial charge in [0.2, 0.25) is 11.9 Å². The topological polar surface area (TPSA) is 93.4 Å². The number of halogens is 3. The summed E-state index contributed by atoms with van der Waals surface area (Å²) in [6.45, 7) is 1.68. The highest BCUT2D eigenvalue weighted by molar-refractivity contribution is 5.75. The van der Waals surface area contributed by atoms with Crippen molar-refractivity contribution in [3.8, 4) is 0 Å². The van der Waals surface area contributed by atoms with Gasteiger partial charge in [-0.15, -0.1) is 0 Å². The smallest absolute Gasteiger partial charge is 0.384 e. The Kier molecular flexibility index (Phi) is 4.40. The highest BCUT2D eigenvalue weighted by atomic mass is 19.4. The second kappa shape index (κ2) is 6.50. The van der Waals surface area contributed by atoms with E-state index < -0.39 is 24.9 Å². The number of nitrogen functional groups attached to an aromatic ring is 1. The van der Waals surface area contributed by atoms with Gasteiger partial charge in [-0.3, -0.25) is 4.79 Å². The van der Waals surface area contributed by atoms with E-state index in [1.54, 1.807) is 12.3 Å². The zero-order valence-electron chi connectivity index (χ0n) is 14.7. The minimum Gasteiger partial charge on any atom is -0.384 e. The molecule has 4 rings (SSSR count). The lowest BCUT2D eigenvalue weighted by Crippen LogP contribution is -2.42. The third kappa shape index (κ3) is 3.54. The van der Waals surface area contributed by atoms with Gasteiger partial charge in [0, 0.05) is 37.5 Å². The third-order valence-corrected chi connectivity index (χ3v) is 5.90. The number of alkyl halides is 3. The molecular formula is C17H22F3N5O2. The lowest BCUT2D eigenvalue weighted by Gasteiger charge is -2.29. The average molecular weight is 385 g/mol. The second-order valence-corrected chi connectivity index (χ2v) is 7.61. The molecule has 3 aliphatic rings. The van der Waals surface area contributed by atoms with Crippen LogP contribution in [0.4, 0.5) is 24.9 Å². The van der Waals surface area contributed by atoms with E-state index in [0.29, 0.717) is 31.4 Å². The van der Waals surface area contributed by atoms with Gasteiger partial charge in [-0.1, -0.05) is 0 Å². The first-order valence-electron chi connectivity index (χ1n) is 9.10. The largest absolute Gasteiger partial charge is 0.389 e. The first kappa shape index (κ1) is 18.3. The van der Waals surface area contributed by atoms with E-state index in [-0.39, 0.29) is 23.5 Å². The van der Waals surface area contributed by atoms with Gasteiger partial charge in [-0.2, -0.15) is 18.2 Å². The molecule has 0 aromatic carbocycles. The molecule has 1 spiro atoms. The highest BCUT2D eigenvalue weighted by Gasteiger charge is 2.63. The number of nitrogens with one attached hydrogen (secondary N) is 1. The summed E-state index contributed by atoms with van der Waals surface area (Å²) in [5.74, 6) is 0.647. The van der Waals surface area contributed by atoms with Crippen LogP contribution in [-0.2, 0) is 9.53 Å². The van der Waals surface area contributed by atoms with Crippen LogP contribution in [0.25, 0.3) is 0 Å². The Bertz CT molecular complexity index is 731. The summed E-state index contributed by atoms with van der Waals surface area (Å²) < 4.78 is 43.0. The molecule has 7 nitrogen and oxygen atoms in total. The van der Waals surface area contributed by atoms with Gasteiger partial charge in [-0.05, 0) is 18.9 Å². The van der Waals surface area contributed by atoms with Crippen molar-refractivity contribution in [1.82, 2.24) is 15.3 Å². The molecule has 4 heterocycles. The molecule has 3 N–H and O–H groups in total. The van der Waals surface area contributed by atoms with E-state index in [2.05, 4.69) is 15.3 Å². The van der Waals surface area contributed by atoms with Gasteiger partial charge in [0.15, 0.2) is 0 Å². The van der Waals surface area contributed by atoms with E-state index in [0.717, 1.165) is 12.8 Å². The minimum atomic E-state index is -4.32. The summed E-state index contributed by atoms with van der Waals surface area (Å²) >= 11 is 0. The number of fused-ring (bicyclic) bond motifs is 1. The maximum atomic E-state index is 12.3. The lowest BCUT2D eigenvalue weighted by molar-refractivity contribution is -0.144. The monoisotopic (exact) mass is 385 g/mol. The standard InChI is InChI=1S/C17H22F3N5O2/c18-17(19,20)5-2-14(26)23-7-10-11-8-25(15-22-6-3-13(21)24-15)9-16(11)4-1-12(10)27-16/h3,6,10-12H,1-2,4-5,7-9H2,(H,23,26)(H2,21,22,24)/t10-,11+,12+,16+/m0/s1. The molecular weight excluding hydrogens is 363 g/mol. The van der Waals surface area contributed by atoms with Gasteiger partial charge >= 0.3 is 6.18 Å². The number of ether oxygens (including phenoxy) is 1. The SMILES string of the molecule is Nc1ccnc(N2C[C@@H]3[C@H](CNC(=O)CCC(F)(F)F)[C@H]4CC[C@]3(C2)O4)n1. The van der Waals surface area contributed by atoms with Crippen molar-refractivity contribution in [2.24, 2.45) is 11.8 Å². The van der Waals surface area contributed by atoms with Gasteiger partial charge in [0.25, 0.3) is 0 Å². The van der Waals surface area contributed by atoms with Crippen LogP contribution in [0.2, 0.25) is 0 Å². The molecule has 0 unspecified atom stereocenters. The number of anilines is 2. The summed E-state index contributed by atoms with van der Waals surface area (Å²) in [6, 6.07) is 1.63. The maximum absolute atomic E-state index is 12.3. The first-order chi connectivity index (χ1) is 12.8. The summed E-state index contributed by atoms with van der Waals surface area (Å²) in [6.07, 6.45) is -2.48. The number of carbonyl (C=O) groups is 1. The molecule has 10 heteroatoms. The van der Waals surface area contributed by atoms with Crippen LogP contribution < -0.4 is 16.0 Å². The second-order valence-electron chi connectivity index (χ2n) is 7.61. The van der Waals surface area contributed by atoms with Crippen molar-refractivity contribution < 1.29 is 22.7 Å². The van der Waals surface area contributed by atoms with Crippen LogP contribution in [0.1, 0.15) is 25.7 Å². The molecule has 3 aliphatic heterocycles. The number of nitrogens with two attached hydrogens (primary N) is 1. The van der Waals surface area contributed by atoms with E-state index in [1.165, 1.54) is 0 Å². The normalized spacial score (nSPS) is 32.0. The number of aromatic nitrogens is 2. The van der Waals surface area contributed by atoms with E-state index >= 15 is 0 Å². The molecule has 0 aliphatic carbocycles. The summed E-state index contributed by atoms with van der Waals surface area (Å²) in [7, 11) is 0.